The zero-order valence-electron chi connectivity index (χ0n) is 24.3. The fourth-order valence-corrected chi connectivity index (χ4v) is 10.6. The molecule has 0 unspecified atom stereocenters. The number of fused-ring (bicyclic) bond motifs is 5. The first-order valence-electron chi connectivity index (χ1n) is 15.6. The van der Waals surface area contributed by atoms with Gasteiger partial charge in [0.1, 0.15) is 0 Å². The smallest absolute Gasteiger partial charge is 0.180 e. The van der Waals surface area contributed by atoms with Crippen LogP contribution in [0.4, 0.5) is 0 Å². The molecule has 0 radical (unpaired) electrons. The number of aliphatic hydroxyl groups excluding tert-OH is 2. The van der Waals surface area contributed by atoms with Gasteiger partial charge in [0.15, 0.2) is 5.82 Å². The first-order valence-corrected chi connectivity index (χ1v) is 15.6. The lowest BCUT2D eigenvalue weighted by Gasteiger charge is -2.64. The van der Waals surface area contributed by atoms with Gasteiger partial charge in [-0.25, -0.2) is 5.10 Å². The Kier molecular flexibility index (Phi) is 7.24. The second-order valence-electron chi connectivity index (χ2n) is 14.1. The quantitative estimate of drug-likeness (QED) is 0.393. The van der Waals surface area contributed by atoms with Crippen LogP contribution in [0.3, 0.4) is 0 Å². The normalized spacial score (nSPS) is 42.6. The number of nitrogens with zero attached hydrogens (tertiary/aromatic N) is 3. The molecule has 6 rings (SSSR count). The third-order valence-corrected chi connectivity index (χ3v) is 12.5. The van der Waals surface area contributed by atoms with Gasteiger partial charge in [-0.2, -0.15) is 0 Å². The molecule has 4 saturated carbocycles. The van der Waals surface area contributed by atoms with Gasteiger partial charge in [-0.1, -0.05) is 70.5 Å². The van der Waals surface area contributed by atoms with E-state index in [4.69, 9.17) is 0 Å². The monoisotopic (exact) mass is 532 g/mol. The van der Waals surface area contributed by atoms with Gasteiger partial charge in [0.05, 0.1) is 12.2 Å². The van der Waals surface area contributed by atoms with Gasteiger partial charge in [-0.05, 0) is 120 Å². The van der Waals surface area contributed by atoms with E-state index < -0.39 is 0 Å². The second-order valence-corrected chi connectivity index (χ2v) is 14.1. The van der Waals surface area contributed by atoms with E-state index in [1.54, 1.807) is 0 Å². The SMILES string of the molecule is CC[C@H]1[C@@H](O)[C@@H]2[C@H](CC[C@]3(C)[C@@H]([C@H](C)C/C=C/c4ccccc4-c4nnn[nH]4)CC[C@@H]23)[C@@]2(C)CC[C@@H](O)C[C@@H]12. The molecule has 11 atom stereocenters. The molecule has 0 spiro atoms. The summed E-state index contributed by atoms with van der Waals surface area (Å²) in [5.41, 5.74) is 2.73. The lowest BCUT2D eigenvalue weighted by molar-refractivity contribution is -0.203. The summed E-state index contributed by atoms with van der Waals surface area (Å²) in [7, 11) is 0. The van der Waals surface area contributed by atoms with Crippen molar-refractivity contribution in [2.45, 2.75) is 97.7 Å². The molecule has 0 saturated heterocycles. The van der Waals surface area contributed by atoms with Crippen molar-refractivity contribution in [2.75, 3.05) is 0 Å². The molecule has 1 aromatic heterocycles. The molecule has 1 aromatic carbocycles. The van der Waals surface area contributed by atoms with Crippen molar-refractivity contribution in [3.63, 3.8) is 0 Å². The highest BCUT2D eigenvalue weighted by molar-refractivity contribution is 5.70. The lowest BCUT2D eigenvalue weighted by atomic mass is 9.41. The number of tetrazole rings is 1. The van der Waals surface area contributed by atoms with Crippen LogP contribution in [0.2, 0.25) is 0 Å². The number of H-pyrrole nitrogens is 1. The Morgan fingerprint density at radius 3 is 2.56 bits per heavy atom. The Bertz CT molecular complexity index is 1170. The van der Waals surface area contributed by atoms with E-state index in [0.717, 1.165) is 43.2 Å². The van der Waals surface area contributed by atoms with Crippen molar-refractivity contribution in [2.24, 2.45) is 52.3 Å². The highest BCUT2D eigenvalue weighted by Gasteiger charge is 2.64. The Labute approximate surface area is 234 Å². The largest absolute Gasteiger partial charge is 0.393 e. The predicted molar refractivity (Wildman–Crippen MR) is 154 cm³/mol. The molecule has 3 N–H and O–H groups in total. The minimum atomic E-state index is -0.218. The van der Waals surface area contributed by atoms with Gasteiger partial charge >= 0.3 is 0 Å². The van der Waals surface area contributed by atoms with Crippen LogP contribution in [0.15, 0.2) is 30.3 Å². The maximum atomic E-state index is 12.0. The van der Waals surface area contributed by atoms with E-state index in [-0.39, 0.29) is 17.6 Å². The minimum absolute atomic E-state index is 0.182. The van der Waals surface area contributed by atoms with Crippen LogP contribution >= 0.6 is 0 Å². The molecular formula is C33H48N4O2. The summed E-state index contributed by atoms with van der Waals surface area (Å²) in [5, 5.41) is 37.0. The highest BCUT2D eigenvalue weighted by Crippen LogP contribution is 2.69. The number of hydrogen-bond donors (Lipinski definition) is 3. The van der Waals surface area contributed by atoms with Gasteiger partial charge in [0, 0.05) is 5.56 Å². The molecule has 0 bridgehead atoms. The summed E-state index contributed by atoms with van der Waals surface area (Å²) in [6, 6.07) is 8.27. The zero-order valence-corrected chi connectivity index (χ0v) is 24.3. The number of benzene rings is 1. The van der Waals surface area contributed by atoms with Gasteiger partial charge in [0.2, 0.25) is 0 Å². The number of aromatic nitrogens is 4. The predicted octanol–water partition coefficient (Wildman–Crippen LogP) is 6.53. The van der Waals surface area contributed by atoms with Crippen molar-refractivity contribution < 1.29 is 10.2 Å². The molecule has 6 nitrogen and oxygen atoms in total. The number of allylic oxidation sites excluding steroid dienone is 1. The standard InChI is InChI=1S/C33H48N4O2/c1-5-23-28-19-22(38)15-17-33(28,4)27-16-18-32(3)25(13-14-26(32)29(27)30(23)39)20(2)9-8-11-21-10-6-7-12-24(21)31-34-36-37-35-31/h6-8,10-12,20,22-23,25-30,38-39H,5,9,13-19H2,1-4H3,(H,34,35,36,37)/b11-8+/t20-,22-,23-,25-,26+,27+,28+,29+,30-,32-,33-/m1/s1. The molecule has 4 aliphatic rings. The van der Waals surface area contributed by atoms with Gasteiger partial charge in [-0.3, -0.25) is 0 Å². The molecule has 0 aliphatic heterocycles. The maximum absolute atomic E-state index is 12.0. The molecule has 6 heteroatoms. The Morgan fingerprint density at radius 1 is 1.03 bits per heavy atom. The summed E-state index contributed by atoms with van der Waals surface area (Å²) in [6.07, 6.45) is 14.3. The van der Waals surface area contributed by atoms with Crippen molar-refractivity contribution >= 4 is 6.08 Å². The van der Waals surface area contributed by atoms with E-state index in [0.29, 0.717) is 52.7 Å². The number of hydrogen-bond acceptors (Lipinski definition) is 5. The Hall–Kier alpha value is -2.05. The van der Waals surface area contributed by atoms with E-state index in [1.165, 1.54) is 25.7 Å². The Balaban J connectivity index is 1.20. The Morgan fingerprint density at radius 2 is 1.79 bits per heavy atom. The van der Waals surface area contributed by atoms with E-state index in [1.807, 2.05) is 6.07 Å². The summed E-state index contributed by atoms with van der Waals surface area (Å²) in [5.74, 6) is 4.40. The van der Waals surface area contributed by atoms with Crippen LogP contribution < -0.4 is 0 Å². The fraction of sp³-hybridized carbons (Fsp3) is 0.727. The molecule has 212 valence electrons. The van der Waals surface area contributed by atoms with Crippen molar-refractivity contribution in [1.29, 1.82) is 0 Å². The van der Waals surface area contributed by atoms with Gasteiger partial charge in [-0.15, -0.1) is 5.10 Å². The summed E-state index contributed by atoms with van der Waals surface area (Å²) < 4.78 is 0. The minimum Gasteiger partial charge on any atom is -0.393 e. The van der Waals surface area contributed by atoms with Gasteiger partial charge in [0.25, 0.3) is 0 Å². The average molecular weight is 533 g/mol. The van der Waals surface area contributed by atoms with Crippen LogP contribution in [0, 0.1) is 52.3 Å². The number of aromatic amines is 1. The lowest BCUT2D eigenvalue weighted by Crippen LogP contribution is -2.62. The molecule has 4 aliphatic carbocycles. The third-order valence-electron chi connectivity index (χ3n) is 12.5. The number of rotatable bonds is 6. The van der Waals surface area contributed by atoms with Crippen molar-refractivity contribution in [3.8, 4) is 11.4 Å². The van der Waals surface area contributed by atoms with E-state index >= 15 is 0 Å². The molecule has 2 aromatic rings. The molecule has 4 fully saturated rings. The van der Waals surface area contributed by atoms with Gasteiger partial charge < -0.3 is 10.2 Å². The summed E-state index contributed by atoms with van der Waals surface area (Å²) >= 11 is 0. The third kappa shape index (κ3) is 4.41. The average Bonchev–Trinajstić information content (AvgIpc) is 3.58. The van der Waals surface area contributed by atoms with E-state index in [2.05, 4.69) is 78.7 Å². The molecule has 0 amide bonds. The first kappa shape index (κ1) is 27.1. The maximum Gasteiger partial charge on any atom is 0.180 e. The number of nitrogens with one attached hydrogen (secondary N) is 1. The van der Waals surface area contributed by atoms with Crippen LogP contribution in [0.1, 0.15) is 91.0 Å². The fourth-order valence-electron chi connectivity index (χ4n) is 10.6. The number of aliphatic hydroxyl groups is 2. The molecular weight excluding hydrogens is 484 g/mol. The second kappa shape index (κ2) is 10.4. The van der Waals surface area contributed by atoms with Crippen LogP contribution in [0.25, 0.3) is 17.5 Å². The highest BCUT2D eigenvalue weighted by atomic mass is 16.3. The topological polar surface area (TPSA) is 94.9 Å². The van der Waals surface area contributed by atoms with Crippen LogP contribution in [-0.2, 0) is 0 Å². The summed E-state index contributed by atoms with van der Waals surface area (Å²) in [4.78, 5) is 0. The van der Waals surface area contributed by atoms with Crippen molar-refractivity contribution in [3.05, 3.63) is 35.9 Å². The summed E-state index contributed by atoms with van der Waals surface area (Å²) in [6.45, 7) is 9.82. The van der Waals surface area contributed by atoms with E-state index in [9.17, 15) is 10.2 Å². The van der Waals surface area contributed by atoms with Crippen LogP contribution in [-0.4, -0.2) is 43.0 Å². The van der Waals surface area contributed by atoms with Crippen molar-refractivity contribution in [1.82, 2.24) is 20.6 Å². The molecule has 39 heavy (non-hydrogen) atoms. The zero-order chi connectivity index (χ0) is 27.4. The van der Waals surface area contributed by atoms with Crippen LogP contribution in [0.5, 0.6) is 0 Å². The first-order chi connectivity index (χ1) is 18.8. The molecule has 1 heterocycles.